The monoisotopic (exact) mass is 400 g/mol. The zero-order valence-electron chi connectivity index (χ0n) is 15.4. The number of phenolic OH excluding ortho intramolecular Hbond substituents is 1. The van der Waals surface area contributed by atoms with Crippen molar-refractivity contribution < 1.29 is 24.2 Å². The number of nitrogens with one attached hydrogen (secondary N) is 1. The first-order valence-corrected chi connectivity index (χ1v) is 9.73. The molecule has 1 aromatic carbocycles. The summed E-state index contributed by atoms with van der Waals surface area (Å²) in [4.78, 5) is 25.5. The number of hydrogen-bond donors (Lipinski definition) is 2. The Morgan fingerprint density at radius 3 is 2.82 bits per heavy atom. The van der Waals surface area contributed by atoms with E-state index in [4.69, 9.17) is 9.47 Å². The Kier molecular flexibility index (Phi) is 6.16. The molecule has 0 saturated carbocycles. The van der Waals surface area contributed by atoms with Crippen LogP contribution in [0.1, 0.15) is 45.6 Å². The third kappa shape index (κ3) is 4.26. The first-order valence-electron chi connectivity index (χ1n) is 8.92. The molecule has 0 bridgehead atoms. The number of nitriles is 1. The lowest BCUT2D eigenvalue weighted by Crippen LogP contribution is -2.21. The molecule has 1 heterocycles. The molecule has 0 spiro atoms. The van der Waals surface area contributed by atoms with E-state index in [0.717, 1.165) is 42.5 Å². The van der Waals surface area contributed by atoms with Crippen molar-refractivity contribution in [3.05, 3.63) is 39.8 Å². The first kappa shape index (κ1) is 19.7. The highest BCUT2D eigenvalue weighted by Gasteiger charge is 2.22. The molecule has 7 nitrogen and oxygen atoms in total. The number of rotatable bonds is 5. The minimum absolute atomic E-state index is 0.0901. The van der Waals surface area contributed by atoms with Crippen molar-refractivity contribution >= 4 is 28.2 Å². The lowest BCUT2D eigenvalue weighted by molar-refractivity contribution is -0.119. The van der Waals surface area contributed by atoms with Gasteiger partial charge in [-0.3, -0.25) is 4.79 Å². The molecule has 1 aliphatic carbocycles. The summed E-state index contributed by atoms with van der Waals surface area (Å²) >= 11 is 1.41. The molecule has 28 heavy (non-hydrogen) atoms. The van der Waals surface area contributed by atoms with E-state index in [1.807, 2.05) is 0 Å². The minimum Gasteiger partial charge on any atom is -0.507 e. The fourth-order valence-corrected chi connectivity index (χ4v) is 4.38. The van der Waals surface area contributed by atoms with Gasteiger partial charge in [0.05, 0.1) is 12.7 Å². The van der Waals surface area contributed by atoms with Gasteiger partial charge in [-0.1, -0.05) is 6.42 Å². The largest absolute Gasteiger partial charge is 0.507 e. The summed E-state index contributed by atoms with van der Waals surface area (Å²) < 4.78 is 10.0. The van der Waals surface area contributed by atoms with E-state index in [0.29, 0.717) is 16.3 Å². The second-order valence-corrected chi connectivity index (χ2v) is 7.49. The maximum Gasteiger partial charge on any atom is 0.342 e. The summed E-state index contributed by atoms with van der Waals surface area (Å²) in [5, 5.41) is 22.5. The average Bonchev–Trinajstić information content (AvgIpc) is 2.85. The number of methoxy groups -OCH3 is 1. The van der Waals surface area contributed by atoms with Crippen molar-refractivity contribution in [2.24, 2.45) is 0 Å². The number of phenols is 1. The number of benzene rings is 1. The molecule has 3 rings (SSSR count). The lowest BCUT2D eigenvalue weighted by Gasteiger charge is -2.08. The van der Waals surface area contributed by atoms with Gasteiger partial charge in [0.15, 0.2) is 6.61 Å². The molecule has 2 N–H and O–H groups in total. The lowest BCUT2D eigenvalue weighted by atomic mass is 10.1. The molecule has 0 fully saturated rings. The fraction of sp³-hybridized carbons (Fsp3) is 0.350. The van der Waals surface area contributed by atoms with Gasteiger partial charge in [-0.15, -0.1) is 11.3 Å². The predicted octanol–water partition coefficient (Wildman–Crippen LogP) is 3.40. The summed E-state index contributed by atoms with van der Waals surface area (Å²) in [5.74, 6) is -1.26. The van der Waals surface area contributed by atoms with Gasteiger partial charge in [-0.25, -0.2) is 4.79 Å². The number of thiophene rings is 1. The van der Waals surface area contributed by atoms with Gasteiger partial charge in [-0.05, 0) is 49.4 Å². The Morgan fingerprint density at radius 2 is 2.07 bits per heavy atom. The van der Waals surface area contributed by atoms with Crippen LogP contribution in [0.3, 0.4) is 0 Å². The van der Waals surface area contributed by atoms with Crippen molar-refractivity contribution in [3.63, 3.8) is 0 Å². The molecule has 1 aromatic heterocycles. The molecule has 1 aliphatic rings. The number of carbonyl (C=O) groups excluding carboxylic acids is 2. The summed E-state index contributed by atoms with van der Waals surface area (Å²) in [6.07, 6.45) is 5.01. The summed E-state index contributed by atoms with van der Waals surface area (Å²) in [6, 6.07) is 6.34. The van der Waals surface area contributed by atoms with Gasteiger partial charge in [0.1, 0.15) is 28.1 Å². The van der Waals surface area contributed by atoms with Crippen molar-refractivity contribution in [2.75, 3.05) is 19.0 Å². The van der Waals surface area contributed by atoms with Crippen LogP contribution in [0, 0.1) is 11.3 Å². The van der Waals surface area contributed by atoms with Crippen LogP contribution in [0.15, 0.2) is 18.2 Å². The Bertz CT molecular complexity index is 945. The van der Waals surface area contributed by atoms with E-state index in [2.05, 4.69) is 11.4 Å². The quantitative estimate of drug-likeness (QED) is 0.588. The number of anilines is 1. The summed E-state index contributed by atoms with van der Waals surface area (Å²) in [6.45, 7) is -0.525. The van der Waals surface area contributed by atoms with Crippen molar-refractivity contribution in [3.8, 4) is 17.6 Å². The van der Waals surface area contributed by atoms with Gasteiger partial charge < -0.3 is 19.9 Å². The fourth-order valence-electron chi connectivity index (χ4n) is 3.13. The summed E-state index contributed by atoms with van der Waals surface area (Å²) in [7, 11) is 1.43. The molecule has 0 radical (unpaired) electrons. The molecule has 0 unspecified atom stereocenters. The number of ether oxygens (including phenoxy) is 2. The van der Waals surface area contributed by atoms with E-state index >= 15 is 0 Å². The third-order valence-corrected chi connectivity index (χ3v) is 5.75. The summed E-state index contributed by atoms with van der Waals surface area (Å²) in [5.41, 5.74) is 1.44. The highest BCUT2D eigenvalue weighted by atomic mass is 32.1. The number of aromatic hydroxyl groups is 1. The van der Waals surface area contributed by atoms with Crippen LogP contribution >= 0.6 is 11.3 Å². The number of nitrogens with zero attached hydrogens (tertiary/aromatic N) is 1. The van der Waals surface area contributed by atoms with Crippen LogP contribution in [-0.4, -0.2) is 30.7 Å². The zero-order chi connectivity index (χ0) is 20.1. The van der Waals surface area contributed by atoms with Crippen molar-refractivity contribution in [2.45, 2.75) is 32.1 Å². The van der Waals surface area contributed by atoms with Crippen molar-refractivity contribution in [1.29, 1.82) is 5.26 Å². The highest BCUT2D eigenvalue weighted by molar-refractivity contribution is 7.16. The van der Waals surface area contributed by atoms with E-state index in [9.17, 15) is 20.0 Å². The number of esters is 1. The van der Waals surface area contributed by atoms with E-state index < -0.39 is 18.5 Å². The molecular weight excluding hydrogens is 380 g/mol. The zero-order valence-corrected chi connectivity index (χ0v) is 16.2. The van der Waals surface area contributed by atoms with Gasteiger partial charge in [0.2, 0.25) is 0 Å². The number of carbonyl (C=O) groups is 2. The van der Waals surface area contributed by atoms with Crippen LogP contribution in [0.2, 0.25) is 0 Å². The number of fused-ring (bicyclic) bond motifs is 1. The Labute approximate surface area is 166 Å². The standard InChI is InChI=1S/C20H20N2O5S/c1-26-12-7-8-16(23)14(9-12)20(25)27-11-18(24)22-19-15(10-21)13-5-3-2-4-6-17(13)28-19/h7-9,23H,2-6,11H2,1H3,(H,22,24). The number of hydrogen-bond acceptors (Lipinski definition) is 7. The van der Waals surface area contributed by atoms with E-state index in [1.54, 1.807) is 0 Å². The Morgan fingerprint density at radius 1 is 1.29 bits per heavy atom. The van der Waals surface area contributed by atoms with Crippen LogP contribution in [0.4, 0.5) is 5.00 Å². The van der Waals surface area contributed by atoms with Crippen LogP contribution in [0.5, 0.6) is 11.5 Å². The maximum atomic E-state index is 12.2. The number of aryl methyl sites for hydroxylation is 1. The normalized spacial score (nSPS) is 13.0. The topological polar surface area (TPSA) is 109 Å². The molecule has 0 atom stereocenters. The van der Waals surface area contributed by atoms with Gasteiger partial charge in [0, 0.05) is 4.88 Å². The van der Waals surface area contributed by atoms with Gasteiger partial charge >= 0.3 is 5.97 Å². The highest BCUT2D eigenvalue weighted by Crippen LogP contribution is 2.37. The predicted molar refractivity (Wildman–Crippen MR) is 104 cm³/mol. The SMILES string of the molecule is COc1ccc(O)c(C(=O)OCC(=O)Nc2sc3c(c2C#N)CCCCC3)c1. The molecule has 146 valence electrons. The minimum atomic E-state index is -0.839. The van der Waals surface area contributed by atoms with Gasteiger partial charge in [0.25, 0.3) is 5.91 Å². The third-order valence-electron chi connectivity index (χ3n) is 4.54. The molecule has 1 amide bonds. The Balaban J connectivity index is 1.65. The van der Waals surface area contributed by atoms with Crippen LogP contribution in [-0.2, 0) is 22.4 Å². The average molecular weight is 400 g/mol. The smallest absolute Gasteiger partial charge is 0.342 e. The van der Waals surface area contributed by atoms with E-state index in [-0.39, 0.29) is 11.3 Å². The van der Waals surface area contributed by atoms with E-state index in [1.165, 1.54) is 36.6 Å². The molecule has 2 aromatic rings. The Hall–Kier alpha value is -3.05. The maximum absolute atomic E-state index is 12.2. The van der Waals surface area contributed by atoms with Crippen molar-refractivity contribution in [1.82, 2.24) is 0 Å². The molecule has 0 aliphatic heterocycles. The molecular formula is C20H20N2O5S. The molecule has 8 heteroatoms. The van der Waals surface area contributed by atoms with Gasteiger partial charge in [-0.2, -0.15) is 5.26 Å². The second-order valence-electron chi connectivity index (χ2n) is 6.39. The van der Waals surface area contributed by atoms with Crippen LogP contribution in [0.25, 0.3) is 0 Å². The second kappa shape index (κ2) is 8.76. The number of amides is 1. The first-order chi connectivity index (χ1) is 13.5. The van der Waals surface area contributed by atoms with Crippen LogP contribution < -0.4 is 10.1 Å². The molecule has 0 saturated heterocycles.